The Hall–Kier alpha value is -3.45. The number of aromatic nitrogens is 3. The normalized spacial score (nSPS) is 14.7. The van der Waals surface area contributed by atoms with E-state index in [9.17, 15) is 4.79 Å². The predicted octanol–water partition coefficient (Wildman–Crippen LogP) is 4.14. The number of ether oxygens (including phenoxy) is 1. The van der Waals surface area contributed by atoms with Gasteiger partial charge in [0.2, 0.25) is 5.95 Å². The summed E-state index contributed by atoms with van der Waals surface area (Å²) in [5.41, 5.74) is 3.85. The Morgan fingerprint density at radius 1 is 1.12 bits per heavy atom. The number of nitrogens with zero attached hydrogens (tertiary/aromatic N) is 3. The Bertz CT molecular complexity index is 1250. The third-order valence-electron chi connectivity index (χ3n) is 6.02. The van der Waals surface area contributed by atoms with Gasteiger partial charge in [0.25, 0.3) is 5.91 Å². The van der Waals surface area contributed by atoms with Crippen LogP contribution in [0.2, 0.25) is 0 Å². The van der Waals surface area contributed by atoms with Crippen LogP contribution in [0.5, 0.6) is 0 Å². The molecule has 0 atom stereocenters. The van der Waals surface area contributed by atoms with Crippen molar-refractivity contribution in [3.8, 4) is 11.1 Å². The number of carbonyl (C=O) groups is 1. The number of aryl methyl sites for hydroxylation is 1. The highest BCUT2D eigenvalue weighted by atomic mass is 19.1. The van der Waals surface area contributed by atoms with Gasteiger partial charge in [0.05, 0.1) is 18.3 Å². The topological polar surface area (TPSA) is 61.1 Å². The summed E-state index contributed by atoms with van der Waals surface area (Å²) >= 11 is 0. The lowest BCUT2D eigenvalue weighted by Crippen LogP contribution is -2.39. The molecule has 0 saturated carbocycles. The van der Waals surface area contributed by atoms with Crippen molar-refractivity contribution < 1.29 is 13.9 Å². The van der Waals surface area contributed by atoms with Crippen molar-refractivity contribution in [2.75, 3.05) is 13.2 Å². The summed E-state index contributed by atoms with van der Waals surface area (Å²) in [7, 11) is 1.88. The largest absolute Gasteiger partial charge is 0.381 e. The van der Waals surface area contributed by atoms with Crippen LogP contribution in [0.1, 0.15) is 28.8 Å². The predicted molar refractivity (Wildman–Crippen MR) is 121 cm³/mol. The molecule has 6 nitrogen and oxygen atoms in total. The lowest BCUT2D eigenvalue weighted by molar-refractivity contribution is 0.0695. The number of rotatable bonds is 5. The maximum atomic E-state index is 15.6. The first kappa shape index (κ1) is 20.5. The fraction of sp³-hybridized carbons (Fsp3) is 0.280. The average molecular weight is 432 g/mol. The van der Waals surface area contributed by atoms with E-state index < -0.39 is 5.95 Å². The fourth-order valence-corrected chi connectivity index (χ4v) is 4.30. The molecule has 3 heterocycles. The molecule has 5 rings (SSSR count). The molecule has 1 fully saturated rings. The summed E-state index contributed by atoms with van der Waals surface area (Å²) < 4.78 is 24.3. The molecule has 1 amide bonds. The van der Waals surface area contributed by atoms with Gasteiger partial charge in [0, 0.05) is 43.4 Å². The van der Waals surface area contributed by atoms with Crippen LogP contribution in [0.3, 0.4) is 0 Å². The smallest absolute Gasteiger partial charge is 0.256 e. The van der Waals surface area contributed by atoms with Gasteiger partial charge >= 0.3 is 0 Å². The van der Waals surface area contributed by atoms with Crippen LogP contribution in [0.25, 0.3) is 22.0 Å². The first-order valence-electron chi connectivity index (χ1n) is 10.8. The van der Waals surface area contributed by atoms with E-state index in [1.807, 2.05) is 61.9 Å². The molecule has 32 heavy (non-hydrogen) atoms. The van der Waals surface area contributed by atoms with Gasteiger partial charge in [-0.3, -0.25) is 9.48 Å². The summed E-state index contributed by atoms with van der Waals surface area (Å²) in [4.78, 5) is 13.0. The minimum absolute atomic E-state index is 0.0118. The van der Waals surface area contributed by atoms with Crippen molar-refractivity contribution >= 4 is 16.8 Å². The van der Waals surface area contributed by atoms with Gasteiger partial charge in [-0.1, -0.05) is 42.5 Å². The maximum Gasteiger partial charge on any atom is 0.256 e. The molecular formula is C25H25FN4O2. The number of benzene rings is 2. The second-order valence-electron chi connectivity index (χ2n) is 8.23. The molecule has 1 aliphatic rings. The SMILES string of the molecule is Cn1cc(-c2ccc(Cn3c(F)c(C(=O)NC4CCOCC4)c4ccccc43)cc2)cn1. The quantitative estimate of drug-likeness (QED) is 0.516. The fourth-order valence-electron chi connectivity index (χ4n) is 4.30. The first-order chi connectivity index (χ1) is 15.6. The van der Waals surface area contributed by atoms with Crippen molar-refractivity contribution in [2.45, 2.75) is 25.4 Å². The monoisotopic (exact) mass is 432 g/mol. The van der Waals surface area contributed by atoms with Gasteiger partial charge in [-0.15, -0.1) is 0 Å². The minimum atomic E-state index is -0.507. The zero-order valence-corrected chi connectivity index (χ0v) is 17.9. The molecule has 7 heteroatoms. The van der Waals surface area contributed by atoms with Crippen LogP contribution in [-0.4, -0.2) is 39.5 Å². The van der Waals surface area contributed by atoms with E-state index in [-0.39, 0.29) is 17.5 Å². The first-order valence-corrected chi connectivity index (χ1v) is 10.8. The second-order valence-corrected chi connectivity index (χ2v) is 8.23. The number of para-hydroxylation sites is 1. The summed E-state index contributed by atoms with van der Waals surface area (Å²) in [6.07, 6.45) is 5.26. The van der Waals surface area contributed by atoms with E-state index in [0.29, 0.717) is 30.7 Å². The minimum Gasteiger partial charge on any atom is -0.381 e. The number of nitrogens with one attached hydrogen (secondary N) is 1. The molecule has 0 bridgehead atoms. The maximum absolute atomic E-state index is 15.6. The molecule has 2 aromatic heterocycles. The zero-order chi connectivity index (χ0) is 22.1. The summed E-state index contributed by atoms with van der Waals surface area (Å²) in [6.45, 7) is 1.57. The van der Waals surface area contributed by atoms with Crippen LogP contribution in [-0.2, 0) is 18.3 Å². The molecule has 0 aliphatic carbocycles. The third kappa shape index (κ3) is 3.91. The van der Waals surface area contributed by atoms with E-state index in [1.54, 1.807) is 15.3 Å². The van der Waals surface area contributed by atoms with Crippen LogP contribution in [0.15, 0.2) is 60.9 Å². The molecule has 2 aromatic carbocycles. The Labute approximate surface area is 185 Å². The molecular weight excluding hydrogens is 407 g/mol. The van der Waals surface area contributed by atoms with Gasteiger partial charge in [0.1, 0.15) is 5.56 Å². The molecule has 1 saturated heterocycles. The van der Waals surface area contributed by atoms with Gasteiger partial charge < -0.3 is 14.6 Å². The average Bonchev–Trinajstić information content (AvgIpc) is 3.36. The van der Waals surface area contributed by atoms with Crippen molar-refractivity contribution in [1.29, 1.82) is 0 Å². The molecule has 0 spiro atoms. The number of hydrogen-bond acceptors (Lipinski definition) is 3. The number of carbonyl (C=O) groups excluding carboxylic acids is 1. The van der Waals surface area contributed by atoms with E-state index >= 15 is 4.39 Å². The second kappa shape index (κ2) is 8.59. The van der Waals surface area contributed by atoms with Crippen molar-refractivity contribution in [1.82, 2.24) is 19.7 Å². The Balaban J connectivity index is 1.44. The summed E-state index contributed by atoms with van der Waals surface area (Å²) in [5.74, 6) is -0.872. The van der Waals surface area contributed by atoms with Gasteiger partial charge in [-0.05, 0) is 30.0 Å². The van der Waals surface area contributed by atoms with E-state index in [4.69, 9.17) is 4.74 Å². The molecule has 1 aliphatic heterocycles. The molecule has 164 valence electrons. The Morgan fingerprint density at radius 2 is 1.88 bits per heavy atom. The van der Waals surface area contributed by atoms with E-state index in [1.165, 1.54) is 0 Å². The van der Waals surface area contributed by atoms with Crippen LogP contribution in [0.4, 0.5) is 4.39 Å². The van der Waals surface area contributed by atoms with Crippen LogP contribution < -0.4 is 5.32 Å². The van der Waals surface area contributed by atoms with E-state index in [0.717, 1.165) is 29.5 Å². The summed E-state index contributed by atoms with van der Waals surface area (Å²) in [5, 5.41) is 7.83. The highest BCUT2D eigenvalue weighted by Crippen LogP contribution is 2.27. The Kier molecular flexibility index (Phi) is 5.49. The molecule has 4 aromatic rings. The van der Waals surface area contributed by atoms with Crippen LogP contribution >= 0.6 is 0 Å². The lowest BCUT2D eigenvalue weighted by atomic mass is 10.1. The third-order valence-corrected chi connectivity index (χ3v) is 6.02. The standard InChI is InChI=1S/C25H25FN4O2/c1-29-16-19(14-27-29)18-8-6-17(7-9-18)15-30-22-5-3-2-4-21(22)23(24(30)26)25(31)28-20-10-12-32-13-11-20/h2-9,14,16,20H,10-13,15H2,1H3,(H,28,31). The van der Waals surface area contributed by atoms with Crippen molar-refractivity contribution in [3.63, 3.8) is 0 Å². The number of halogens is 1. The summed E-state index contributed by atoms with van der Waals surface area (Å²) in [6, 6.07) is 15.4. The molecule has 0 unspecified atom stereocenters. The van der Waals surface area contributed by atoms with Gasteiger partial charge in [0.15, 0.2) is 0 Å². The van der Waals surface area contributed by atoms with Gasteiger partial charge in [-0.2, -0.15) is 9.49 Å². The number of hydrogen-bond donors (Lipinski definition) is 1. The number of fused-ring (bicyclic) bond motifs is 1. The lowest BCUT2D eigenvalue weighted by Gasteiger charge is -2.23. The van der Waals surface area contributed by atoms with Gasteiger partial charge in [-0.25, -0.2) is 0 Å². The van der Waals surface area contributed by atoms with E-state index in [2.05, 4.69) is 10.4 Å². The zero-order valence-electron chi connectivity index (χ0n) is 17.9. The van der Waals surface area contributed by atoms with Crippen LogP contribution in [0, 0.1) is 5.95 Å². The molecule has 1 N–H and O–H groups in total. The highest BCUT2D eigenvalue weighted by molar-refractivity contribution is 6.07. The van der Waals surface area contributed by atoms with Crippen molar-refractivity contribution in [2.24, 2.45) is 7.05 Å². The molecule has 0 radical (unpaired) electrons. The number of amides is 1. The Morgan fingerprint density at radius 3 is 2.59 bits per heavy atom. The van der Waals surface area contributed by atoms with Crippen molar-refractivity contribution in [3.05, 3.63) is 78.0 Å². The highest BCUT2D eigenvalue weighted by Gasteiger charge is 2.25.